The van der Waals surface area contributed by atoms with Crippen LogP contribution in [0.25, 0.3) is 0 Å². The van der Waals surface area contributed by atoms with Gasteiger partial charge in [-0.3, -0.25) is 4.79 Å². The number of amidine groups is 1. The van der Waals surface area contributed by atoms with E-state index in [0.717, 1.165) is 6.54 Å². The van der Waals surface area contributed by atoms with Gasteiger partial charge in [-0.25, -0.2) is 0 Å². The zero-order chi connectivity index (χ0) is 21.3. The van der Waals surface area contributed by atoms with Gasteiger partial charge in [0.05, 0.1) is 5.69 Å². The Bertz CT molecular complexity index is 1080. The fourth-order valence-corrected chi connectivity index (χ4v) is 5.14. The smallest absolute Gasteiger partial charge is 0.286 e. The van der Waals surface area contributed by atoms with Crippen molar-refractivity contribution in [3.05, 3.63) is 54.1 Å². The monoisotopic (exact) mass is 426 g/mol. The van der Waals surface area contributed by atoms with E-state index in [9.17, 15) is 13.2 Å². The highest BCUT2D eigenvalue weighted by molar-refractivity contribution is 7.90. The third-order valence-corrected chi connectivity index (χ3v) is 6.97. The van der Waals surface area contributed by atoms with Crippen LogP contribution in [0.2, 0.25) is 0 Å². The summed E-state index contributed by atoms with van der Waals surface area (Å²) in [6, 6.07) is 15.3. The lowest BCUT2D eigenvalue weighted by molar-refractivity contribution is -0.131. The summed E-state index contributed by atoms with van der Waals surface area (Å²) in [7, 11) is -3.72. The number of carbonyl (C=O) groups excluding carboxylic acids is 1. The number of rotatable bonds is 4. The van der Waals surface area contributed by atoms with E-state index in [1.807, 2.05) is 4.90 Å². The van der Waals surface area contributed by atoms with Crippen molar-refractivity contribution in [1.29, 1.82) is 0 Å². The molecule has 7 nitrogen and oxygen atoms in total. The molecule has 30 heavy (non-hydrogen) atoms. The summed E-state index contributed by atoms with van der Waals surface area (Å²) >= 11 is 0. The maximum absolute atomic E-state index is 12.8. The number of hydrogen-bond acceptors (Lipinski definition) is 5. The zero-order valence-electron chi connectivity index (χ0n) is 17.2. The molecule has 0 spiro atoms. The van der Waals surface area contributed by atoms with E-state index in [1.165, 1.54) is 17.3 Å². The summed E-state index contributed by atoms with van der Waals surface area (Å²) in [5.74, 6) is 0.333. The SMILES string of the molecule is Cc1ccc(N2CCN(C(=O)CCC3=NS(=O)(=O)c4ccccc4N3)C[C@H]2C)cc1. The topological polar surface area (TPSA) is 82.1 Å². The number of hydrogen-bond donors (Lipinski definition) is 1. The first-order valence-corrected chi connectivity index (χ1v) is 11.6. The van der Waals surface area contributed by atoms with E-state index in [2.05, 4.69) is 52.7 Å². The fourth-order valence-electron chi connectivity index (χ4n) is 3.96. The Labute approximate surface area is 177 Å². The van der Waals surface area contributed by atoms with Crippen LogP contribution >= 0.6 is 0 Å². The van der Waals surface area contributed by atoms with Crippen LogP contribution < -0.4 is 10.2 Å². The summed E-state index contributed by atoms with van der Waals surface area (Å²) in [4.78, 5) is 17.1. The Morgan fingerprint density at radius 1 is 1.13 bits per heavy atom. The average molecular weight is 427 g/mol. The van der Waals surface area contributed by atoms with Crippen LogP contribution in [-0.2, 0) is 14.8 Å². The number of nitrogens with zero attached hydrogens (tertiary/aromatic N) is 3. The molecule has 1 amide bonds. The molecule has 2 aliphatic rings. The number of fused-ring (bicyclic) bond motifs is 1. The quantitative estimate of drug-likeness (QED) is 0.813. The van der Waals surface area contributed by atoms with Gasteiger partial charge in [0.1, 0.15) is 10.7 Å². The molecular formula is C22H26N4O3S. The molecule has 2 heterocycles. The summed E-state index contributed by atoms with van der Waals surface area (Å²) < 4.78 is 28.5. The van der Waals surface area contributed by atoms with E-state index >= 15 is 0 Å². The van der Waals surface area contributed by atoms with Crippen LogP contribution in [0.4, 0.5) is 11.4 Å². The minimum absolute atomic E-state index is 0.0196. The Hall–Kier alpha value is -2.87. The lowest BCUT2D eigenvalue weighted by atomic mass is 10.1. The maximum atomic E-state index is 12.8. The third-order valence-electron chi connectivity index (χ3n) is 5.60. The second kappa shape index (κ2) is 8.10. The van der Waals surface area contributed by atoms with Gasteiger partial charge in [-0.05, 0) is 38.1 Å². The molecule has 0 radical (unpaired) electrons. The lowest BCUT2D eigenvalue weighted by Crippen LogP contribution is -2.53. The number of para-hydroxylation sites is 1. The van der Waals surface area contributed by atoms with Gasteiger partial charge < -0.3 is 15.1 Å². The minimum Gasteiger partial charge on any atom is -0.365 e. The number of aryl methyl sites for hydroxylation is 1. The Morgan fingerprint density at radius 2 is 1.87 bits per heavy atom. The van der Waals surface area contributed by atoms with Gasteiger partial charge >= 0.3 is 0 Å². The fraction of sp³-hybridized carbons (Fsp3) is 0.364. The lowest BCUT2D eigenvalue weighted by Gasteiger charge is -2.41. The third kappa shape index (κ3) is 4.18. The molecule has 158 valence electrons. The first-order chi connectivity index (χ1) is 14.3. The number of sulfonamides is 1. The van der Waals surface area contributed by atoms with Crippen molar-refractivity contribution in [3.63, 3.8) is 0 Å². The average Bonchev–Trinajstić information content (AvgIpc) is 2.72. The highest BCUT2D eigenvalue weighted by atomic mass is 32.2. The minimum atomic E-state index is -3.72. The number of carbonyl (C=O) groups is 1. The van der Waals surface area contributed by atoms with Crippen LogP contribution in [-0.4, -0.2) is 50.7 Å². The molecule has 1 fully saturated rings. The first-order valence-electron chi connectivity index (χ1n) is 10.1. The van der Waals surface area contributed by atoms with Crippen LogP contribution in [0.15, 0.2) is 57.8 Å². The van der Waals surface area contributed by atoms with Crippen LogP contribution in [0, 0.1) is 6.92 Å². The number of amides is 1. The zero-order valence-corrected chi connectivity index (χ0v) is 18.0. The normalized spacial score (nSPS) is 20.2. The molecule has 0 aliphatic carbocycles. The molecule has 0 unspecified atom stereocenters. The number of benzene rings is 2. The van der Waals surface area contributed by atoms with Crippen molar-refractivity contribution in [2.24, 2.45) is 4.40 Å². The first kappa shape index (κ1) is 20.4. The van der Waals surface area contributed by atoms with Crippen LogP contribution in [0.5, 0.6) is 0 Å². The molecule has 4 rings (SSSR count). The van der Waals surface area contributed by atoms with Crippen molar-refractivity contribution >= 4 is 33.1 Å². The molecule has 1 saturated heterocycles. The largest absolute Gasteiger partial charge is 0.365 e. The van der Waals surface area contributed by atoms with Crippen LogP contribution in [0.3, 0.4) is 0 Å². The predicted octanol–water partition coefficient (Wildman–Crippen LogP) is 3.03. The highest BCUT2D eigenvalue weighted by Gasteiger charge is 2.28. The number of anilines is 2. The van der Waals surface area contributed by atoms with E-state index in [-0.39, 0.29) is 29.7 Å². The van der Waals surface area contributed by atoms with Gasteiger partial charge in [-0.15, -0.1) is 4.40 Å². The molecule has 0 bridgehead atoms. The second-order valence-corrected chi connectivity index (χ2v) is 9.42. The van der Waals surface area contributed by atoms with Crippen LogP contribution in [0.1, 0.15) is 25.3 Å². The Kier molecular flexibility index (Phi) is 5.51. The van der Waals surface area contributed by atoms with E-state index < -0.39 is 10.0 Å². The molecule has 8 heteroatoms. The van der Waals surface area contributed by atoms with E-state index in [1.54, 1.807) is 18.2 Å². The predicted molar refractivity (Wildman–Crippen MR) is 118 cm³/mol. The van der Waals surface area contributed by atoms with Gasteiger partial charge in [0.2, 0.25) is 5.91 Å². The molecular weight excluding hydrogens is 400 g/mol. The van der Waals surface area contributed by atoms with Crippen molar-refractivity contribution < 1.29 is 13.2 Å². The van der Waals surface area contributed by atoms with Gasteiger partial charge in [-0.2, -0.15) is 8.42 Å². The van der Waals surface area contributed by atoms with E-state index in [0.29, 0.717) is 24.6 Å². The number of nitrogens with one attached hydrogen (secondary N) is 1. The van der Waals surface area contributed by atoms with Gasteiger partial charge in [0.15, 0.2) is 0 Å². The second-order valence-electron chi connectivity index (χ2n) is 7.85. The van der Waals surface area contributed by atoms with E-state index in [4.69, 9.17) is 0 Å². The molecule has 2 aromatic carbocycles. The molecule has 2 aromatic rings. The number of piperazine rings is 1. The summed E-state index contributed by atoms with van der Waals surface area (Å²) in [5, 5.41) is 3.04. The maximum Gasteiger partial charge on any atom is 0.286 e. The summed E-state index contributed by atoms with van der Waals surface area (Å²) in [5.41, 5.74) is 2.91. The molecule has 0 aromatic heterocycles. The van der Waals surface area contributed by atoms with Crippen molar-refractivity contribution in [1.82, 2.24) is 4.90 Å². The van der Waals surface area contributed by atoms with Gasteiger partial charge in [-0.1, -0.05) is 29.8 Å². The van der Waals surface area contributed by atoms with Gasteiger partial charge in [0, 0.05) is 44.2 Å². The standard InChI is InChI=1S/C22H26N4O3S/c1-16-7-9-18(10-8-16)26-14-13-25(15-17(26)2)22(27)12-11-21-23-19-5-3-4-6-20(19)30(28,29)24-21/h3-10,17H,11-15H2,1-2H3,(H,23,24)/t17-/m1/s1. The van der Waals surface area contributed by atoms with Crippen molar-refractivity contribution in [2.75, 3.05) is 29.9 Å². The molecule has 1 N–H and O–H groups in total. The highest BCUT2D eigenvalue weighted by Crippen LogP contribution is 2.27. The molecule has 2 aliphatic heterocycles. The molecule has 0 saturated carbocycles. The summed E-state index contributed by atoms with van der Waals surface area (Å²) in [6.45, 7) is 6.26. The van der Waals surface area contributed by atoms with Crippen molar-refractivity contribution in [2.45, 2.75) is 37.6 Å². The Morgan fingerprint density at radius 3 is 2.60 bits per heavy atom. The molecule has 1 atom stereocenters. The van der Waals surface area contributed by atoms with Gasteiger partial charge in [0.25, 0.3) is 10.0 Å². The summed E-state index contributed by atoms with van der Waals surface area (Å²) in [6.07, 6.45) is 0.486. The Balaban J connectivity index is 1.35. The van der Waals surface area contributed by atoms with Crippen molar-refractivity contribution in [3.8, 4) is 0 Å².